The van der Waals surface area contributed by atoms with Crippen molar-refractivity contribution in [3.63, 3.8) is 0 Å². The fraction of sp³-hybridized carbons (Fsp3) is 0.286. The Balaban J connectivity index is 0. The molecule has 0 fully saturated rings. The van der Waals surface area contributed by atoms with Gasteiger partial charge in [0.1, 0.15) is 0 Å². The molecule has 1 atom stereocenters. The Labute approximate surface area is 79.6 Å². The lowest BCUT2D eigenvalue weighted by molar-refractivity contribution is -0.141. The lowest BCUT2D eigenvalue weighted by Gasteiger charge is -1.93. The SMILES string of the molecule is O=C(O)[CH]C(=O)O.[CH2]C(O)CC(=O)O. The Hall–Kier alpha value is -1.63. The maximum Gasteiger partial charge on any atom is 0.319 e. The van der Waals surface area contributed by atoms with E-state index in [4.69, 9.17) is 20.4 Å². The maximum atomic E-state index is 9.61. The summed E-state index contributed by atoms with van der Waals surface area (Å²) in [5.74, 6) is -3.90. The van der Waals surface area contributed by atoms with Gasteiger partial charge in [0.25, 0.3) is 0 Å². The highest BCUT2D eigenvalue weighted by Crippen LogP contribution is 1.85. The van der Waals surface area contributed by atoms with E-state index in [9.17, 15) is 14.4 Å². The van der Waals surface area contributed by atoms with Gasteiger partial charge in [-0.2, -0.15) is 0 Å². The third-order valence-corrected chi connectivity index (χ3v) is 0.657. The van der Waals surface area contributed by atoms with Gasteiger partial charge in [-0.1, -0.05) is 0 Å². The normalized spacial score (nSPS) is 10.7. The first-order chi connectivity index (χ1) is 6.25. The molecule has 80 valence electrons. The van der Waals surface area contributed by atoms with Crippen molar-refractivity contribution in [2.75, 3.05) is 0 Å². The molecule has 1 unspecified atom stereocenters. The van der Waals surface area contributed by atoms with Crippen LogP contribution in [-0.4, -0.2) is 44.4 Å². The van der Waals surface area contributed by atoms with Crippen LogP contribution in [0, 0.1) is 13.3 Å². The monoisotopic (exact) mass is 206 g/mol. The minimum atomic E-state index is -1.44. The number of carbonyl (C=O) groups is 3. The molecule has 0 heterocycles. The molecule has 7 heteroatoms. The van der Waals surface area contributed by atoms with Gasteiger partial charge in [-0.3, -0.25) is 14.4 Å². The number of aliphatic hydroxyl groups excluding tert-OH is 1. The van der Waals surface area contributed by atoms with Gasteiger partial charge in [-0.05, 0) is 6.92 Å². The fourth-order valence-electron chi connectivity index (χ4n) is 0.307. The van der Waals surface area contributed by atoms with Gasteiger partial charge in [0.05, 0.1) is 12.5 Å². The molecule has 0 spiro atoms. The maximum absolute atomic E-state index is 9.61. The Morgan fingerprint density at radius 3 is 1.50 bits per heavy atom. The molecule has 0 aliphatic heterocycles. The molecule has 0 aliphatic carbocycles. The molecule has 0 aromatic rings. The molecule has 0 amide bonds. The average Bonchev–Trinajstić information content (AvgIpc) is 1.79. The standard InChI is InChI=1S/C4H7O3.C3H3O4/c1-3(5)2-4(6)7;4-2(5)1-3(6)7/h3,5H,1-2H2,(H,6,7);1H,(H,4,5)(H,6,7). The second-order valence-corrected chi connectivity index (χ2v) is 2.07. The molecule has 0 saturated carbocycles. The summed E-state index contributed by atoms with van der Waals surface area (Å²) in [6.45, 7) is 3.05. The van der Waals surface area contributed by atoms with Crippen LogP contribution < -0.4 is 0 Å². The Kier molecular flexibility index (Phi) is 8.49. The van der Waals surface area contributed by atoms with Crippen LogP contribution in [-0.2, 0) is 14.4 Å². The summed E-state index contributed by atoms with van der Waals surface area (Å²) in [4.78, 5) is 28.4. The number of aliphatic hydroxyl groups is 1. The topological polar surface area (TPSA) is 132 Å². The number of hydrogen-bond acceptors (Lipinski definition) is 4. The van der Waals surface area contributed by atoms with Crippen LogP contribution in [0.15, 0.2) is 0 Å². The largest absolute Gasteiger partial charge is 0.481 e. The molecule has 0 saturated heterocycles. The van der Waals surface area contributed by atoms with E-state index in [1.165, 1.54) is 0 Å². The van der Waals surface area contributed by atoms with E-state index in [2.05, 4.69) is 6.92 Å². The predicted octanol–water partition coefficient (Wildman–Crippen LogP) is -0.984. The molecule has 14 heavy (non-hydrogen) atoms. The summed E-state index contributed by atoms with van der Waals surface area (Å²) >= 11 is 0. The Morgan fingerprint density at radius 1 is 1.14 bits per heavy atom. The Bertz CT molecular complexity index is 196. The minimum Gasteiger partial charge on any atom is -0.481 e. The van der Waals surface area contributed by atoms with Crippen molar-refractivity contribution < 1.29 is 34.8 Å². The summed E-state index contributed by atoms with van der Waals surface area (Å²) in [7, 11) is 0. The molecule has 0 aromatic carbocycles. The molecule has 4 N–H and O–H groups in total. The van der Waals surface area contributed by atoms with E-state index in [0.717, 1.165) is 0 Å². The second-order valence-electron chi connectivity index (χ2n) is 2.07. The van der Waals surface area contributed by atoms with Crippen molar-refractivity contribution in [1.82, 2.24) is 0 Å². The van der Waals surface area contributed by atoms with Gasteiger partial charge < -0.3 is 20.4 Å². The van der Waals surface area contributed by atoms with Gasteiger partial charge in [0.2, 0.25) is 0 Å². The van der Waals surface area contributed by atoms with E-state index in [-0.39, 0.29) is 12.8 Å². The van der Waals surface area contributed by atoms with Gasteiger partial charge in [-0.25, -0.2) is 0 Å². The number of rotatable bonds is 4. The lowest BCUT2D eigenvalue weighted by atomic mass is 10.3. The van der Waals surface area contributed by atoms with Gasteiger partial charge in [0, 0.05) is 0 Å². The zero-order chi connectivity index (χ0) is 11.7. The fourth-order valence-corrected chi connectivity index (χ4v) is 0.307. The molecule has 0 bridgehead atoms. The predicted molar refractivity (Wildman–Crippen MR) is 43.2 cm³/mol. The highest BCUT2D eigenvalue weighted by molar-refractivity contribution is 6.01. The number of carboxylic acid groups (broad SMARTS) is 3. The van der Waals surface area contributed by atoms with Gasteiger partial charge in [0.15, 0.2) is 6.42 Å². The van der Waals surface area contributed by atoms with Crippen LogP contribution in [0.3, 0.4) is 0 Å². The van der Waals surface area contributed by atoms with Crippen LogP contribution in [0.5, 0.6) is 0 Å². The molecule has 0 aromatic heterocycles. The first kappa shape index (κ1) is 14.9. The number of aliphatic carboxylic acids is 3. The van der Waals surface area contributed by atoms with E-state index in [1.54, 1.807) is 0 Å². The Morgan fingerprint density at radius 2 is 1.50 bits per heavy atom. The van der Waals surface area contributed by atoms with Crippen LogP contribution >= 0.6 is 0 Å². The van der Waals surface area contributed by atoms with Crippen LogP contribution in [0.4, 0.5) is 0 Å². The van der Waals surface area contributed by atoms with Crippen molar-refractivity contribution >= 4 is 17.9 Å². The summed E-state index contributed by atoms with van der Waals surface area (Å²) in [5, 5.41) is 31.4. The van der Waals surface area contributed by atoms with Crippen molar-refractivity contribution in [1.29, 1.82) is 0 Å². The second kappa shape index (κ2) is 7.99. The summed E-state index contributed by atoms with van der Waals surface area (Å²) in [6.07, 6.45) is -1.09. The van der Waals surface area contributed by atoms with Crippen molar-refractivity contribution in [2.24, 2.45) is 0 Å². The summed E-state index contributed by atoms with van der Waals surface area (Å²) < 4.78 is 0. The summed E-state index contributed by atoms with van der Waals surface area (Å²) in [6, 6.07) is 0. The van der Waals surface area contributed by atoms with E-state index >= 15 is 0 Å². The molecule has 0 rings (SSSR count). The third-order valence-electron chi connectivity index (χ3n) is 0.657. The molecule has 2 radical (unpaired) electrons. The first-order valence-corrected chi connectivity index (χ1v) is 3.29. The molecule has 0 aliphatic rings. The van der Waals surface area contributed by atoms with Gasteiger partial charge >= 0.3 is 17.9 Å². The van der Waals surface area contributed by atoms with E-state index in [0.29, 0.717) is 0 Å². The minimum absolute atomic E-state index is 0.167. The quantitative estimate of drug-likeness (QED) is 0.434. The van der Waals surface area contributed by atoms with Crippen molar-refractivity contribution in [3.05, 3.63) is 13.3 Å². The molecular weight excluding hydrogens is 196 g/mol. The number of carboxylic acids is 3. The van der Waals surface area contributed by atoms with Crippen LogP contribution in [0.2, 0.25) is 0 Å². The number of hydrogen-bond donors (Lipinski definition) is 4. The van der Waals surface area contributed by atoms with Gasteiger partial charge in [-0.15, -0.1) is 0 Å². The van der Waals surface area contributed by atoms with E-state index < -0.39 is 24.0 Å². The van der Waals surface area contributed by atoms with Crippen molar-refractivity contribution in [3.8, 4) is 0 Å². The average molecular weight is 206 g/mol. The van der Waals surface area contributed by atoms with E-state index in [1.807, 2.05) is 0 Å². The molecule has 7 nitrogen and oxygen atoms in total. The summed E-state index contributed by atoms with van der Waals surface area (Å²) in [5.41, 5.74) is 0. The third kappa shape index (κ3) is 22.4. The van der Waals surface area contributed by atoms with Crippen LogP contribution in [0.1, 0.15) is 6.42 Å². The zero-order valence-corrected chi connectivity index (χ0v) is 7.08. The highest BCUT2D eigenvalue weighted by atomic mass is 16.4. The lowest BCUT2D eigenvalue weighted by Crippen LogP contribution is -2.07. The molecular formula is C7H10O7. The zero-order valence-electron chi connectivity index (χ0n) is 7.08. The van der Waals surface area contributed by atoms with Crippen LogP contribution in [0.25, 0.3) is 0 Å². The highest BCUT2D eigenvalue weighted by Gasteiger charge is 2.03. The first-order valence-electron chi connectivity index (χ1n) is 3.29. The smallest absolute Gasteiger partial charge is 0.319 e. The van der Waals surface area contributed by atoms with Crippen molar-refractivity contribution in [2.45, 2.75) is 12.5 Å².